The molecule has 18 heavy (non-hydrogen) atoms. The summed E-state index contributed by atoms with van der Waals surface area (Å²) in [5.74, 6) is 0.0400. The molecule has 0 bridgehead atoms. The Morgan fingerprint density at radius 3 is 2.72 bits per heavy atom. The number of hydrogen-bond donors (Lipinski definition) is 1. The third kappa shape index (κ3) is 5.16. The van der Waals surface area contributed by atoms with Gasteiger partial charge in [0.25, 0.3) is 0 Å². The molecule has 1 heterocycles. The summed E-state index contributed by atoms with van der Waals surface area (Å²) in [6, 6.07) is 3.98. The minimum Gasteiger partial charge on any atom is -0.354 e. The van der Waals surface area contributed by atoms with E-state index in [4.69, 9.17) is 9.47 Å². The molecule has 0 fully saturated rings. The fourth-order valence-electron chi connectivity index (χ4n) is 1.78. The number of aryl methyl sites for hydroxylation is 1. The van der Waals surface area contributed by atoms with Crippen LogP contribution in [0, 0.1) is 0 Å². The van der Waals surface area contributed by atoms with Gasteiger partial charge < -0.3 is 14.8 Å². The second-order valence-corrected chi connectivity index (χ2v) is 5.16. The third-order valence-corrected chi connectivity index (χ3v) is 3.60. The summed E-state index contributed by atoms with van der Waals surface area (Å²) in [6.45, 7) is 1.87. The van der Waals surface area contributed by atoms with Crippen LogP contribution >= 0.6 is 11.3 Å². The maximum absolute atomic E-state index is 11.7. The van der Waals surface area contributed by atoms with Crippen LogP contribution < -0.4 is 5.32 Å². The van der Waals surface area contributed by atoms with E-state index in [0.29, 0.717) is 6.42 Å². The van der Waals surface area contributed by atoms with Crippen molar-refractivity contribution in [2.24, 2.45) is 0 Å². The van der Waals surface area contributed by atoms with Crippen molar-refractivity contribution in [1.82, 2.24) is 5.32 Å². The maximum atomic E-state index is 11.7. The van der Waals surface area contributed by atoms with Crippen molar-refractivity contribution >= 4 is 17.2 Å². The Balaban J connectivity index is 2.20. The number of ether oxygens (including phenoxy) is 2. The van der Waals surface area contributed by atoms with Gasteiger partial charge in [0, 0.05) is 25.5 Å². The molecular weight excluding hydrogens is 250 g/mol. The van der Waals surface area contributed by atoms with E-state index in [0.717, 1.165) is 12.8 Å². The minimum atomic E-state index is -0.397. The lowest BCUT2D eigenvalue weighted by atomic mass is 10.2. The molecule has 0 aliphatic rings. The molecule has 1 N–H and O–H groups in total. The number of thiophene rings is 1. The van der Waals surface area contributed by atoms with E-state index in [2.05, 4.69) is 16.8 Å². The normalized spacial score (nSPS) is 12.7. The van der Waals surface area contributed by atoms with Gasteiger partial charge in [-0.25, -0.2) is 0 Å². The molecule has 0 saturated heterocycles. The van der Waals surface area contributed by atoms with E-state index in [1.165, 1.54) is 4.88 Å². The van der Waals surface area contributed by atoms with Gasteiger partial charge >= 0.3 is 0 Å². The standard InChI is InChI=1S/C13H21NO3S/c1-10(13(16-2)17-3)14-12(15)8-4-6-11-7-5-9-18-11/h5,7,9-10,13H,4,6,8H2,1-3H3,(H,14,15). The third-order valence-electron chi connectivity index (χ3n) is 2.67. The Labute approximate surface area is 112 Å². The smallest absolute Gasteiger partial charge is 0.220 e. The van der Waals surface area contributed by atoms with Crippen molar-refractivity contribution in [1.29, 1.82) is 0 Å². The summed E-state index contributed by atoms with van der Waals surface area (Å²) in [4.78, 5) is 13.0. The molecule has 0 spiro atoms. The average Bonchev–Trinajstić information content (AvgIpc) is 2.83. The van der Waals surface area contributed by atoms with Crippen molar-refractivity contribution in [2.75, 3.05) is 14.2 Å². The Bertz CT molecular complexity index is 336. The molecule has 0 aromatic carbocycles. The van der Waals surface area contributed by atoms with Crippen LogP contribution in [0.5, 0.6) is 0 Å². The monoisotopic (exact) mass is 271 g/mol. The zero-order chi connectivity index (χ0) is 13.4. The van der Waals surface area contributed by atoms with E-state index >= 15 is 0 Å². The molecule has 5 heteroatoms. The SMILES string of the molecule is COC(OC)C(C)NC(=O)CCCc1cccs1. The molecule has 1 atom stereocenters. The lowest BCUT2D eigenvalue weighted by Crippen LogP contribution is -2.42. The van der Waals surface area contributed by atoms with Gasteiger partial charge in [0.15, 0.2) is 6.29 Å². The minimum absolute atomic E-state index is 0.0400. The number of hydrogen-bond acceptors (Lipinski definition) is 4. The predicted octanol–water partition coefficient (Wildman–Crippen LogP) is 2.19. The lowest BCUT2D eigenvalue weighted by Gasteiger charge is -2.22. The first-order valence-corrected chi connectivity index (χ1v) is 6.92. The van der Waals surface area contributed by atoms with Gasteiger partial charge in [-0.15, -0.1) is 11.3 Å². The maximum Gasteiger partial charge on any atom is 0.220 e. The van der Waals surface area contributed by atoms with Gasteiger partial charge in [-0.3, -0.25) is 4.79 Å². The highest BCUT2D eigenvalue weighted by molar-refractivity contribution is 7.09. The quantitative estimate of drug-likeness (QED) is 0.737. The van der Waals surface area contributed by atoms with E-state index in [1.54, 1.807) is 25.6 Å². The van der Waals surface area contributed by atoms with Gasteiger partial charge in [0.1, 0.15) is 0 Å². The van der Waals surface area contributed by atoms with Gasteiger partial charge in [-0.2, -0.15) is 0 Å². The summed E-state index contributed by atoms with van der Waals surface area (Å²) >= 11 is 1.73. The van der Waals surface area contributed by atoms with E-state index in [-0.39, 0.29) is 11.9 Å². The molecule has 1 amide bonds. The van der Waals surface area contributed by atoms with E-state index in [1.807, 2.05) is 13.0 Å². The highest BCUT2D eigenvalue weighted by atomic mass is 32.1. The van der Waals surface area contributed by atoms with Crippen LogP contribution in [-0.2, 0) is 20.7 Å². The van der Waals surface area contributed by atoms with Gasteiger partial charge in [0.2, 0.25) is 5.91 Å². The molecule has 1 aromatic heterocycles. The molecule has 0 aliphatic carbocycles. The largest absolute Gasteiger partial charge is 0.354 e. The number of rotatable bonds is 8. The first-order valence-electron chi connectivity index (χ1n) is 6.04. The first-order chi connectivity index (χ1) is 8.67. The van der Waals surface area contributed by atoms with Crippen LogP contribution in [0.3, 0.4) is 0 Å². The zero-order valence-corrected chi connectivity index (χ0v) is 12.0. The summed E-state index contributed by atoms with van der Waals surface area (Å²) in [5.41, 5.74) is 0. The molecule has 0 radical (unpaired) electrons. The van der Waals surface area contributed by atoms with Crippen LogP contribution in [0.15, 0.2) is 17.5 Å². The molecule has 0 saturated carbocycles. The number of methoxy groups -OCH3 is 2. The summed E-state index contributed by atoms with van der Waals surface area (Å²) in [5, 5.41) is 4.93. The average molecular weight is 271 g/mol. The van der Waals surface area contributed by atoms with Crippen LogP contribution in [0.4, 0.5) is 0 Å². The second-order valence-electron chi connectivity index (χ2n) is 4.13. The van der Waals surface area contributed by atoms with Crippen molar-refractivity contribution in [3.05, 3.63) is 22.4 Å². The van der Waals surface area contributed by atoms with Crippen LogP contribution in [-0.4, -0.2) is 32.5 Å². The molecule has 4 nitrogen and oxygen atoms in total. The fraction of sp³-hybridized carbons (Fsp3) is 0.615. The lowest BCUT2D eigenvalue weighted by molar-refractivity contribution is -0.135. The van der Waals surface area contributed by atoms with Gasteiger partial charge in [-0.1, -0.05) is 6.07 Å². The number of nitrogens with one attached hydrogen (secondary N) is 1. The summed E-state index contributed by atoms with van der Waals surface area (Å²) in [6.07, 6.45) is 1.95. The topological polar surface area (TPSA) is 47.6 Å². The highest BCUT2D eigenvalue weighted by Gasteiger charge is 2.17. The molecule has 0 aliphatic heterocycles. The number of carbonyl (C=O) groups is 1. The Morgan fingerprint density at radius 2 is 2.17 bits per heavy atom. The molecule has 1 aromatic rings. The van der Waals surface area contributed by atoms with Crippen molar-refractivity contribution in [2.45, 2.75) is 38.5 Å². The second kappa shape index (κ2) is 8.24. The Kier molecular flexibility index (Phi) is 6.93. The first kappa shape index (κ1) is 15.1. The van der Waals surface area contributed by atoms with Gasteiger partial charge in [0.05, 0.1) is 6.04 Å². The molecule has 102 valence electrons. The number of amides is 1. The highest BCUT2D eigenvalue weighted by Crippen LogP contribution is 2.12. The Hall–Kier alpha value is -0.910. The Morgan fingerprint density at radius 1 is 1.44 bits per heavy atom. The zero-order valence-electron chi connectivity index (χ0n) is 11.1. The van der Waals surface area contributed by atoms with Crippen LogP contribution in [0.2, 0.25) is 0 Å². The molecular formula is C13H21NO3S. The molecule has 1 unspecified atom stereocenters. The van der Waals surface area contributed by atoms with Gasteiger partial charge in [-0.05, 0) is 31.2 Å². The predicted molar refractivity (Wildman–Crippen MR) is 72.7 cm³/mol. The van der Waals surface area contributed by atoms with E-state index in [9.17, 15) is 4.79 Å². The summed E-state index contributed by atoms with van der Waals surface area (Å²) in [7, 11) is 3.13. The fourth-order valence-corrected chi connectivity index (χ4v) is 2.53. The van der Waals surface area contributed by atoms with Crippen LogP contribution in [0.25, 0.3) is 0 Å². The number of carbonyl (C=O) groups excluding carboxylic acids is 1. The van der Waals surface area contributed by atoms with Crippen LogP contribution in [0.1, 0.15) is 24.6 Å². The van der Waals surface area contributed by atoms with Crippen molar-refractivity contribution < 1.29 is 14.3 Å². The van der Waals surface area contributed by atoms with Crippen molar-refractivity contribution in [3.8, 4) is 0 Å². The molecule has 1 rings (SSSR count). The summed E-state index contributed by atoms with van der Waals surface area (Å²) < 4.78 is 10.2. The van der Waals surface area contributed by atoms with E-state index < -0.39 is 6.29 Å². The van der Waals surface area contributed by atoms with Crippen molar-refractivity contribution in [3.63, 3.8) is 0 Å².